The van der Waals surface area contributed by atoms with E-state index in [4.69, 9.17) is 11.6 Å². The summed E-state index contributed by atoms with van der Waals surface area (Å²) in [6, 6.07) is 4.97. The van der Waals surface area contributed by atoms with Crippen molar-refractivity contribution >= 4 is 17.5 Å². The zero-order chi connectivity index (χ0) is 13.3. The van der Waals surface area contributed by atoms with E-state index >= 15 is 0 Å². The van der Waals surface area contributed by atoms with E-state index in [1.54, 1.807) is 18.2 Å². The first-order valence-electron chi connectivity index (χ1n) is 5.51. The molecule has 1 aliphatic heterocycles. The molecule has 0 atom stereocenters. The molecule has 1 aromatic carbocycles. The first-order valence-corrected chi connectivity index (χ1v) is 5.89. The summed E-state index contributed by atoms with van der Waals surface area (Å²) < 4.78 is 36.1. The van der Waals surface area contributed by atoms with E-state index in [1.165, 1.54) is 4.90 Å². The van der Waals surface area contributed by atoms with Crippen LogP contribution in [0.4, 0.5) is 13.2 Å². The van der Waals surface area contributed by atoms with E-state index in [0.717, 1.165) is 5.56 Å². The van der Waals surface area contributed by atoms with Crippen LogP contribution in [0.15, 0.2) is 18.2 Å². The molecule has 0 radical (unpaired) electrons. The van der Waals surface area contributed by atoms with Gasteiger partial charge in [-0.2, -0.15) is 13.2 Å². The Bertz CT molecular complexity index is 473. The highest BCUT2D eigenvalue weighted by molar-refractivity contribution is 6.31. The van der Waals surface area contributed by atoms with Gasteiger partial charge in [-0.25, -0.2) is 0 Å². The van der Waals surface area contributed by atoms with Crippen molar-refractivity contribution in [2.24, 2.45) is 0 Å². The second-order valence-corrected chi connectivity index (χ2v) is 4.68. The zero-order valence-corrected chi connectivity index (χ0v) is 10.2. The van der Waals surface area contributed by atoms with Crippen molar-refractivity contribution in [2.45, 2.75) is 25.6 Å². The van der Waals surface area contributed by atoms with Crippen LogP contribution >= 0.6 is 11.6 Å². The van der Waals surface area contributed by atoms with Crippen LogP contribution in [-0.2, 0) is 6.54 Å². The number of carbonyl (C=O) groups excluding carboxylic acids is 1. The summed E-state index contributed by atoms with van der Waals surface area (Å²) in [4.78, 5) is 13.3. The summed E-state index contributed by atoms with van der Waals surface area (Å²) in [5, 5.41) is 0.458. The van der Waals surface area contributed by atoms with Gasteiger partial charge >= 0.3 is 6.18 Å². The van der Waals surface area contributed by atoms with Crippen LogP contribution in [0.1, 0.15) is 28.8 Å². The van der Waals surface area contributed by atoms with Gasteiger partial charge in [0.1, 0.15) is 0 Å². The number of halogens is 4. The van der Waals surface area contributed by atoms with Crippen molar-refractivity contribution in [3.8, 4) is 0 Å². The molecule has 2 nitrogen and oxygen atoms in total. The fourth-order valence-electron chi connectivity index (χ4n) is 1.98. The predicted molar refractivity (Wildman–Crippen MR) is 61.5 cm³/mol. The Balaban J connectivity index is 1.97. The summed E-state index contributed by atoms with van der Waals surface area (Å²) >= 11 is 5.78. The SMILES string of the molecule is O=C1c2cc(Cl)ccc2CN1CCCC(F)(F)F. The molecule has 0 aliphatic carbocycles. The molecule has 18 heavy (non-hydrogen) atoms. The molecule has 0 saturated carbocycles. The minimum absolute atomic E-state index is 0.0725. The molecule has 1 aromatic rings. The molecule has 2 rings (SSSR count). The van der Waals surface area contributed by atoms with Crippen LogP contribution in [-0.4, -0.2) is 23.5 Å². The lowest BCUT2D eigenvalue weighted by Gasteiger charge is -2.15. The van der Waals surface area contributed by atoms with Gasteiger partial charge in [-0.1, -0.05) is 17.7 Å². The molecule has 0 unspecified atom stereocenters. The Morgan fingerprint density at radius 2 is 2.06 bits per heavy atom. The maximum Gasteiger partial charge on any atom is 0.389 e. The fourth-order valence-corrected chi connectivity index (χ4v) is 2.16. The lowest BCUT2D eigenvalue weighted by molar-refractivity contribution is -0.135. The molecule has 0 saturated heterocycles. The van der Waals surface area contributed by atoms with E-state index in [9.17, 15) is 18.0 Å². The lowest BCUT2D eigenvalue weighted by Crippen LogP contribution is -2.26. The number of nitrogens with zero attached hydrogens (tertiary/aromatic N) is 1. The van der Waals surface area contributed by atoms with Gasteiger partial charge in [0.15, 0.2) is 0 Å². The highest BCUT2D eigenvalue weighted by atomic mass is 35.5. The van der Waals surface area contributed by atoms with Crippen LogP contribution in [0.3, 0.4) is 0 Å². The van der Waals surface area contributed by atoms with E-state index in [-0.39, 0.29) is 18.9 Å². The van der Waals surface area contributed by atoms with Crippen molar-refractivity contribution in [3.63, 3.8) is 0 Å². The molecule has 0 spiro atoms. The molecule has 6 heteroatoms. The molecule has 0 aromatic heterocycles. The number of benzene rings is 1. The van der Waals surface area contributed by atoms with Crippen LogP contribution in [0.5, 0.6) is 0 Å². The van der Waals surface area contributed by atoms with Gasteiger partial charge in [-0.3, -0.25) is 4.79 Å². The number of hydrogen-bond donors (Lipinski definition) is 0. The summed E-state index contributed by atoms with van der Waals surface area (Å²) in [5.41, 5.74) is 1.31. The first kappa shape index (κ1) is 13.2. The number of hydrogen-bond acceptors (Lipinski definition) is 1. The van der Waals surface area contributed by atoms with Crippen LogP contribution in [0.25, 0.3) is 0 Å². The van der Waals surface area contributed by atoms with Gasteiger partial charge in [-0.05, 0) is 24.1 Å². The van der Waals surface area contributed by atoms with Crippen molar-refractivity contribution in [1.29, 1.82) is 0 Å². The van der Waals surface area contributed by atoms with E-state index < -0.39 is 12.6 Å². The molecular weight excluding hydrogens is 267 g/mol. The fraction of sp³-hybridized carbons (Fsp3) is 0.417. The lowest BCUT2D eigenvalue weighted by atomic mass is 10.1. The second kappa shape index (κ2) is 4.80. The smallest absolute Gasteiger partial charge is 0.334 e. The molecule has 0 N–H and O–H groups in total. The predicted octanol–water partition coefficient (Wildman–Crippen LogP) is 3.64. The quantitative estimate of drug-likeness (QED) is 0.826. The molecule has 1 heterocycles. The highest BCUT2D eigenvalue weighted by Gasteiger charge is 2.30. The maximum atomic E-state index is 12.0. The van der Waals surface area contributed by atoms with E-state index in [0.29, 0.717) is 17.1 Å². The van der Waals surface area contributed by atoms with Crippen LogP contribution in [0.2, 0.25) is 5.02 Å². The van der Waals surface area contributed by atoms with Gasteiger partial charge in [0.25, 0.3) is 5.91 Å². The first-order chi connectivity index (χ1) is 8.37. The number of rotatable bonds is 3. The van der Waals surface area contributed by atoms with Gasteiger partial charge < -0.3 is 4.90 Å². The Hall–Kier alpha value is -1.23. The Morgan fingerprint density at radius 1 is 1.33 bits per heavy atom. The number of carbonyl (C=O) groups is 1. The summed E-state index contributed by atoms with van der Waals surface area (Å²) in [6.45, 7) is 0.480. The average Bonchev–Trinajstić information content (AvgIpc) is 2.55. The average molecular weight is 278 g/mol. The van der Waals surface area contributed by atoms with Crippen molar-refractivity contribution < 1.29 is 18.0 Å². The zero-order valence-electron chi connectivity index (χ0n) is 9.43. The van der Waals surface area contributed by atoms with Crippen molar-refractivity contribution in [1.82, 2.24) is 4.90 Å². The molecule has 0 bridgehead atoms. The third-order valence-electron chi connectivity index (χ3n) is 2.84. The molecule has 0 fully saturated rings. The van der Waals surface area contributed by atoms with Gasteiger partial charge in [0.2, 0.25) is 0 Å². The number of fused-ring (bicyclic) bond motifs is 1. The number of alkyl halides is 3. The Kier molecular flexibility index (Phi) is 3.52. The maximum absolute atomic E-state index is 12.0. The molecule has 1 aliphatic rings. The van der Waals surface area contributed by atoms with Gasteiger partial charge in [0, 0.05) is 30.1 Å². The van der Waals surface area contributed by atoms with Gasteiger partial charge in [-0.15, -0.1) is 0 Å². The topological polar surface area (TPSA) is 20.3 Å². The molecule has 98 valence electrons. The monoisotopic (exact) mass is 277 g/mol. The molecular formula is C12H11ClF3NO. The van der Waals surface area contributed by atoms with Crippen molar-refractivity contribution in [3.05, 3.63) is 34.3 Å². The minimum Gasteiger partial charge on any atom is -0.334 e. The second-order valence-electron chi connectivity index (χ2n) is 4.25. The highest BCUT2D eigenvalue weighted by Crippen LogP contribution is 2.27. The van der Waals surface area contributed by atoms with E-state index in [1.807, 2.05) is 0 Å². The minimum atomic E-state index is -4.17. The third-order valence-corrected chi connectivity index (χ3v) is 3.07. The Morgan fingerprint density at radius 3 is 2.72 bits per heavy atom. The summed E-state index contributed by atoms with van der Waals surface area (Å²) in [7, 11) is 0. The summed E-state index contributed by atoms with van der Waals surface area (Å²) in [5.74, 6) is -0.241. The van der Waals surface area contributed by atoms with Crippen LogP contribution in [0, 0.1) is 0 Å². The molecule has 1 amide bonds. The van der Waals surface area contributed by atoms with E-state index in [2.05, 4.69) is 0 Å². The Labute approximate surface area is 107 Å². The third kappa shape index (κ3) is 2.96. The summed E-state index contributed by atoms with van der Waals surface area (Å²) in [6.07, 6.45) is -5.11. The number of amides is 1. The normalized spacial score (nSPS) is 15.1. The largest absolute Gasteiger partial charge is 0.389 e. The van der Waals surface area contributed by atoms with Crippen molar-refractivity contribution in [2.75, 3.05) is 6.54 Å². The van der Waals surface area contributed by atoms with Crippen LogP contribution < -0.4 is 0 Å². The van der Waals surface area contributed by atoms with Gasteiger partial charge in [0.05, 0.1) is 0 Å². The standard InChI is InChI=1S/C12H11ClF3NO/c13-9-3-2-8-7-17(11(18)10(8)6-9)5-1-4-12(14,15)16/h2-3,6H,1,4-5,7H2.